The van der Waals surface area contributed by atoms with Crippen molar-refractivity contribution in [1.82, 2.24) is 15.5 Å². The van der Waals surface area contributed by atoms with E-state index in [2.05, 4.69) is 46.3 Å². The molecule has 1 aliphatic rings. The summed E-state index contributed by atoms with van der Waals surface area (Å²) >= 11 is 1.74. The number of hydrogen-bond donors (Lipinski definition) is 2. The van der Waals surface area contributed by atoms with Crippen molar-refractivity contribution >= 4 is 23.4 Å². The number of anilines is 1. The van der Waals surface area contributed by atoms with E-state index in [1.165, 1.54) is 12.1 Å². The number of thioether (sulfide) groups is 1. The first-order chi connectivity index (χ1) is 13.6. The SMILES string of the molecule is CN=C(NCc1cc(C(F)(F)F)ccc1N1CCN(C)CC1)NCC(C)(C)SC. The molecule has 1 saturated heterocycles. The fourth-order valence-electron chi connectivity index (χ4n) is 3.03. The van der Waals surface area contributed by atoms with Crippen molar-refractivity contribution in [2.24, 2.45) is 4.99 Å². The highest BCUT2D eigenvalue weighted by Gasteiger charge is 2.31. The van der Waals surface area contributed by atoms with Gasteiger partial charge in [0, 0.05) is 56.8 Å². The maximum Gasteiger partial charge on any atom is 0.416 e. The lowest BCUT2D eigenvalue weighted by Crippen LogP contribution is -2.45. The molecule has 29 heavy (non-hydrogen) atoms. The lowest BCUT2D eigenvalue weighted by molar-refractivity contribution is -0.137. The van der Waals surface area contributed by atoms with Gasteiger partial charge in [0.25, 0.3) is 0 Å². The zero-order valence-electron chi connectivity index (χ0n) is 17.9. The molecule has 0 unspecified atom stereocenters. The first kappa shape index (κ1) is 23.7. The summed E-state index contributed by atoms with van der Waals surface area (Å²) in [5.74, 6) is 0.578. The number of alkyl halides is 3. The number of guanidine groups is 1. The number of rotatable bonds is 6. The molecule has 0 spiro atoms. The number of halogens is 3. The molecular weight excluding hydrogens is 399 g/mol. The van der Waals surface area contributed by atoms with Crippen LogP contribution in [0.15, 0.2) is 23.2 Å². The molecule has 1 aliphatic heterocycles. The predicted molar refractivity (Wildman–Crippen MR) is 117 cm³/mol. The molecule has 0 aromatic heterocycles. The molecule has 164 valence electrons. The van der Waals surface area contributed by atoms with Gasteiger partial charge in [-0.2, -0.15) is 24.9 Å². The van der Waals surface area contributed by atoms with Crippen molar-refractivity contribution in [2.75, 3.05) is 58.0 Å². The van der Waals surface area contributed by atoms with Crippen LogP contribution in [0.2, 0.25) is 0 Å². The van der Waals surface area contributed by atoms with E-state index in [-0.39, 0.29) is 11.3 Å². The fourth-order valence-corrected chi connectivity index (χ4v) is 3.24. The summed E-state index contributed by atoms with van der Waals surface area (Å²) in [6.07, 6.45) is -2.32. The van der Waals surface area contributed by atoms with E-state index in [0.717, 1.165) is 31.9 Å². The molecule has 1 fully saturated rings. The summed E-state index contributed by atoms with van der Waals surface area (Å²) in [5, 5.41) is 6.43. The Labute approximate surface area is 176 Å². The first-order valence-corrected chi connectivity index (χ1v) is 10.9. The van der Waals surface area contributed by atoms with Crippen LogP contribution < -0.4 is 15.5 Å². The van der Waals surface area contributed by atoms with Crippen molar-refractivity contribution in [1.29, 1.82) is 0 Å². The van der Waals surface area contributed by atoms with Crippen molar-refractivity contribution in [3.63, 3.8) is 0 Å². The summed E-state index contributed by atoms with van der Waals surface area (Å²) < 4.78 is 39.8. The Morgan fingerprint density at radius 2 is 1.79 bits per heavy atom. The number of nitrogens with zero attached hydrogens (tertiary/aromatic N) is 3. The van der Waals surface area contributed by atoms with Gasteiger partial charge in [0.05, 0.1) is 5.56 Å². The summed E-state index contributed by atoms with van der Waals surface area (Å²) in [6, 6.07) is 4.02. The Balaban J connectivity index is 2.17. The summed E-state index contributed by atoms with van der Waals surface area (Å²) in [6.45, 7) is 8.58. The third kappa shape index (κ3) is 6.99. The number of hydrogen-bond acceptors (Lipinski definition) is 4. The predicted octanol–water partition coefficient (Wildman–Crippen LogP) is 3.26. The van der Waals surface area contributed by atoms with Gasteiger partial charge in [0.15, 0.2) is 5.96 Å². The monoisotopic (exact) mass is 431 g/mol. The van der Waals surface area contributed by atoms with Crippen LogP contribution in [0.1, 0.15) is 25.0 Å². The molecule has 0 bridgehead atoms. The number of likely N-dealkylation sites (N-methyl/N-ethyl adjacent to an activating group) is 1. The molecule has 0 radical (unpaired) electrons. The molecule has 9 heteroatoms. The Morgan fingerprint density at radius 3 is 2.34 bits per heavy atom. The van der Waals surface area contributed by atoms with Crippen LogP contribution in [0.4, 0.5) is 18.9 Å². The average Bonchev–Trinajstić information content (AvgIpc) is 2.68. The summed E-state index contributed by atoms with van der Waals surface area (Å²) in [7, 11) is 3.72. The van der Waals surface area contributed by atoms with Crippen molar-refractivity contribution in [3.8, 4) is 0 Å². The zero-order chi connectivity index (χ0) is 21.7. The van der Waals surface area contributed by atoms with Crippen LogP contribution >= 0.6 is 11.8 Å². The van der Waals surface area contributed by atoms with Crippen LogP contribution in [0.3, 0.4) is 0 Å². The standard InChI is InChI=1S/C20H32F3N5S/c1-19(2,29-5)14-26-18(24-3)25-13-15-12-16(20(21,22)23)6-7-17(15)28-10-8-27(4)9-11-28/h6-7,12H,8-11,13-14H2,1-5H3,(H2,24,25,26). The van der Waals surface area contributed by atoms with E-state index in [0.29, 0.717) is 18.1 Å². The number of benzene rings is 1. The molecule has 1 aromatic carbocycles. The zero-order valence-corrected chi connectivity index (χ0v) is 18.7. The molecule has 0 saturated carbocycles. The van der Waals surface area contributed by atoms with Gasteiger partial charge < -0.3 is 20.4 Å². The minimum absolute atomic E-state index is 0.0266. The lowest BCUT2D eigenvalue weighted by Gasteiger charge is -2.35. The first-order valence-electron chi connectivity index (χ1n) is 9.69. The highest BCUT2D eigenvalue weighted by molar-refractivity contribution is 7.99. The van der Waals surface area contributed by atoms with Gasteiger partial charge in [-0.05, 0) is 50.9 Å². The van der Waals surface area contributed by atoms with Crippen molar-refractivity contribution in [2.45, 2.75) is 31.3 Å². The second-order valence-electron chi connectivity index (χ2n) is 7.87. The molecule has 0 aliphatic carbocycles. The molecule has 5 nitrogen and oxygen atoms in total. The van der Waals surface area contributed by atoms with Gasteiger partial charge in [-0.25, -0.2) is 0 Å². The molecule has 2 rings (SSSR count). The highest BCUT2D eigenvalue weighted by atomic mass is 32.2. The average molecular weight is 432 g/mol. The Bertz CT molecular complexity index is 698. The Morgan fingerprint density at radius 1 is 1.14 bits per heavy atom. The molecule has 0 atom stereocenters. The lowest BCUT2D eigenvalue weighted by atomic mass is 10.1. The summed E-state index contributed by atoms with van der Waals surface area (Å²) in [4.78, 5) is 8.58. The normalized spacial score (nSPS) is 16.8. The molecular formula is C20H32F3N5S. The molecule has 1 heterocycles. The maximum atomic E-state index is 13.3. The minimum Gasteiger partial charge on any atom is -0.369 e. The van der Waals surface area contributed by atoms with E-state index >= 15 is 0 Å². The fraction of sp³-hybridized carbons (Fsp3) is 0.650. The van der Waals surface area contributed by atoms with E-state index in [4.69, 9.17) is 0 Å². The minimum atomic E-state index is -4.36. The van der Waals surface area contributed by atoms with Gasteiger partial charge in [-0.15, -0.1) is 0 Å². The van der Waals surface area contributed by atoms with Gasteiger partial charge in [-0.3, -0.25) is 4.99 Å². The Kier molecular flexibility index (Phi) is 8.10. The maximum absolute atomic E-state index is 13.3. The van der Waals surface area contributed by atoms with Gasteiger partial charge in [-0.1, -0.05) is 0 Å². The second-order valence-corrected chi connectivity index (χ2v) is 9.39. The summed E-state index contributed by atoms with van der Waals surface area (Å²) in [5.41, 5.74) is 0.841. The van der Waals surface area contributed by atoms with E-state index < -0.39 is 11.7 Å². The number of nitrogens with one attached hydrogen (secondary N) is 2. The third-order valence-corrected chi connectivity index (χ3v) is 6.40. The van der Waals surface area contributed by atoms with Gasteiger partial charge in [0.1, 0.15) is 0 Å². The molecule has 2 N–H and O–H groups in total. The second kappa shape index (κ2) is 9.93. The molecule has 1 aromatic rings. The van der Waals surface area contributed by atoms with Crippen LogP contribution in [-0.2, 0) is 12.7 Å². The highest BCUT2D eigenvalue weighted by Crippen LogP contribution is 2.33. The largest absolute Gasteiger partial charge is 0.416 e. The van der Waals surface area contributed by atoms with Crippen molar-refractivity contribution in [3.05, 3.63) is 29.3 Å². The number of aliphatic imine (C=N–C) groups is 1. The topological polar surface area (TPSA) is 42.9 Å². The van der Waals surface area contributed by atoms with Crippen LogP contribution in [-0.4, -0.2) is 68.7 Å². The third-order valence-electron chi connectivity index (χ3n) is 5.15. The van der Waals surface area contributed by atoms with E-state index in [1.807, 2.05) is 6.26 Å². The molecule has 0 amide bonds. The van der Waals surface area contributed by atoms with Crippen LogP contribution in [0.25, 0.3) is 0 Å². The number of piperazine rings is 1. The van der Waals surface area contributed by atoms with Crippen LogP contribution in [0.5, 0.6) is 0 Å². The van der Waals surface area contributed by atoms with Crippen molar-refractivity contribution < 1.29 is 13.2 Å². The van der Waals surface area contributed by atoms with E-state index in [1.54, 1.807) is 24.9 Å². The quantitative estimate of drug-likeness (QED) is 0.535. The van der Waals surface area contributed by atoms with Crippen LogP contribution in [0, 0.1) is 0 Å². The van der Waals surface area contributed by atoms with E-state index in [9.17, 15) is 13.2 Å². The van der Waals surface area contributed by atoms with Gasteiger partial charge >= 0.3 is 6.18 Å². The Hall–Kier alpha value is -1.61. The smallest absolute Gasteiger partial charge is 0.369 e. The van der Waals surface area contributed by atoms with Gasteiger partial charge in [0.2, 0.25) is 0 Å².